The zero-order valence-corrected chi connectivity index (χ0v) is 7.95. The van der Waals surface area contributed by atoms with E-state index in [9.17, 15) is 8.78 Å². The maximum Gasteiger partial charge on any atom is 0.167 e. The monoisotopic (exact) mass is 226 g/mol. The average Bonchev–Trinajstić information content (AvgIpc) is 2.02. The minimum Gasteiger partial charge on any atom is -0.488 e. The molecule has 1 aromatic rings. The molecule has 5 heteroatoms. The van der Waals surface area contributed by atoms with Gasteiger partial charge in [-0.15, -0.1) is 23.2 Å². The molecule has 0 aliphatic heterocycles. The summed E-state index contributed by atoms with van der Waals surface area (Å²) < 4.78 is 30.1. The van der Waals surface area contributed by atoms with Crippen molar-refractivity contribution >= 4 is 23.2 Å². The van der Waals surface area contributed by atoms with E-state index in [1.54, 1.807) is 0 Å². The van der Waals surface area contributed by atoms with E-state index in [-0.39, 0.29) is 12.4 Å². The summed E-state index contributed by atoms with van der Waals surface area (Å²) in [6.07, 6.45) is 0. The first-order valence-corrected chi connectivity index (χ1v) is 4.33. The van der Waals surface area contributed by atoms with Crippen molar-refractivity contribution in [3.05, 3.63) is 29.8 Å². The predicted octanol–water partition coefficient (Wildman–Crippen LogP) is 3.15. The average molecular weight is 227 g/mol. The van der Waals surface area contributed by atoms with E-state index in [4.69, 9.17) is 27.9 Å². The first kappa shape index (κ1) is 10.5. The highest BCUT2D eigenvalue weighted by molar-refractivity contribution is 6.44. The van der Waals surface area contributed by atoms with Crippen LogP contribution in [0.25, 0.3) is 0 Å². The second-order valence-electron chi connectivity index (χ2n) is 2.28. The van der Waals surface area contributed by atoms with E-state index in [1.165, 1.54) is 6.07 Å². The smallest absolute Gasteiger partial charge is 0.167 e. The van der Waals surface area contributed by atoms with E-state index in [0.717, 1.165) is 12.1 Å². The van der Waals surface area contributed by atoms with Gasteiger partial charge >= 0.3 is 0 Å². The maximum absolute atomic E-state index is 12.8. The molecule has 0 bridgehead atoms. The van der Waals surface area contributed by atoms with Crippen molar-refractivity contribution in [3.8, 4) is 5.75 Å². The molecule has 72 valence electrons. The normalized spacial score (nSPS) is 10.5. The molecule has 0 spiro atoms. The van der Waals surface area contributed by atoms with Crippen molar-refractivity contribution in [2.45, 2.75) is 4.84 Å². The summed E-state index contributed by atoms with van der Waals surface area (Å²) >= 11 is 10.7. The number of hydrogen-bond donors (Lipinski definition) is 0. The number of ether oxygens (including phenoxy) is 1. The van der Waals surface area contributed by atoms with Crippen molar-refractivity contribution in [2.24, 2.45) is 0 Å². The van der Waals surface area contributed by atoms with Crippen molar-refractivity contribution in [1.29, 1.82) is 0 Å². The van der Waals surface area contributed by atoms with E-state index >= 15 is 0 Å². The van der Waals surface area contributed by atoms with E-state index in [0.29, 0.717) is 0 Å². The third-order valence-electron chi connectivity index (χ3n) is 1.26. The standard InChI is InChI=1S/C8H6Cl2F2O/c9-8(10)4-13-7-2-1-5(11)3-6(7)12/h1-3,8H,4H2. The predicted molar refractivity (Wildman–Crippen MR) is 47.3 cm³/mol. The van der Waals surface area contributed by atoms with Gasteiger partial charge in [-0.1, -0.05) is 0 Å². The van der Waals surface area contributed by atoms with E-state index in [2.05, 4.69) is 0 Å². The molecular formula is C8H6Cl2F2O. The fraction of sp³-hybridized carbons (Fsp3) is 0.250. The van der Waals surface area contributed by atoms with Gasteiger partial charge in [0.1, 0.15) is 17.3 Å². The van der Waals surface area contributed by atoms with Crippen molar-refractivity contribution < 1.29 is 13.5 Å². The van der Waals surface area contributed by atoms with Crippen molar-refractivity contribution in [1.82, 2.24) is 0 Å². The molecule has 0 aliphatic carbocycles. The molecule has 13 heavy (non-hydrogen) atoms. The summed E-state index contributed by atoms with van der Waals surface area (Å²) in [6, 6.07) is 3.00. The van der Waals surface area contributed by atoms with Gasteiger partial charge in [0.05, 0.1) is 0 Å². The Labute approximate surface area is 84.2 Å². The lowest BCUT2D eigenvalue weighted by Gasteiger charge is -2.06. The summed E-state index contributed by atoms with van der Waals surface area (Å²) in [5.74, 6) is -1.49. The van der Waals surface area contributed by atoms with Gasteiger partial charge in [-0.2, -0.15) is 0 Å². The first-order valence-electron chi connectivity index (χ1n) is 3.45. The summed E-state index contributed by atoms with van der Waals surface area (Å²) in [7, 11) is 0. The fourth-order valence-electron chi connectivity index (χ4n) is 0.745. The lowest BCUT2D eigenvalue weighted by atomic mass is 10.3. The largest absolute Gasteiger partial charge is 0.488 e. The quantitative estimate of drug-likeness (QED) is 0.720. The summed E-state index contributed by atoms with van der Waals surface area (Å²) in [6.45, 7) is -0.0360. The van der Waals surface area contributed by atoms with Crippen LogP contribution in [0.5, 0.6) is 5.75 Å². The molecule has 0 N–H and O–H groups in total. The number of rotatable bonds is 3. The first-order chi connectivity index (χ1) is 6.09. The molecule has 0 heterocycles. The van der Waals surface area contributed by atoms with Gasteiger partial charge in [-0.05, 0) is 12.1 Å². The zero-order valence-electron chi connectivity index (χ0n) is 6.44. The second-order valence-corrected chi connectivity index (χ2v) is 3.55. The molecule has 0 aliphatic rings. The van der Waals surface area contributed by atoms with Gasteiger partial charge in [0.25, 0.3) is 0 Å². The summed E-state index contributed by atoms with van der Waals surface area (Å²) in [5, 5.41) is 0. The fourth-order valence-corrected chi connectivity index (χ4v) is 0.871. The van der Waals surface area contributed by atoms with Gasteiger partial charge in [0.2, 0.25) is 0 Å². The SMILES string of the molecule is Fc1ccc(OCC(Cl)Cl)c(F)c1. The van der Waals surface area contributed by atoms with Crippen LogP contribution in [0.4, 0.5) is 8.78 Å². The maximum atomic E-state index is 12.8. The van der Waals surface area contributed by atoms with Gasteiger partial charge in [0.15, 0.2) is 11.6 Å². The number of halogens is 4. The number of alkyl halides is 2. The Balaban J connectivity index is 2.67. The third-order valence-corrected chi connectivity index (χ3v) is 1.51. The molecule has 0 atom stereocenters. The minimum absolute atomic E-state index is 0.0360. The Kier molecular flexibility index (Phi) is 3.75. The molecule has 0 unspecified atom stereocenters. The van der Waals surface area contributed by atoms with Gasteiger partial charge in [0, 0.05) is 6.07 Å². The lowest BCUT2D eigenvalue weighted by Crippen LogP contribution is -2.06. The Hall–Kier alpha value is -0.540. The van der Waals surface area contributed by atoms with Crippen molar-refractivity contribution in [3.63, 3.8) is 0 Å². The Morgan fingerprint density at radius 2 is 2.00 bits per heavy atom. The van der Waals surface area contributed by atoms with Crippen LogP contribution in [0, 0.1) is 11.6 Å². The highest BCUT2D eigenvalue weighted by Crippen LogP contribution is 2.18. The summed E-state index contributed by atoms with van der Waals surface area (Å²) in [5.41, 5.74) is 0. The van der Waals surface area contributed by atoms with E-state index < -0.39 is 16.5 Å². The molecule has 1 aromatic carbocycles. The van der Waals surface area contributed by atoms with Crippen LogP contribution in [-0.2, 0) is 0 Å². The molecule has 0 aromatic heterocycles. The van der Waals surface area contributed by atoms with Crippen LogP contribution in [-0.4, -0.2) is 11.4 Å². The lowest BCUT2D eigenvalue weighted by molar-refractivity contribution is 0.315. The minimum atomic E-state index is -0.769. The van der Waals surface area contributed by atoms with Crippen molar-refractivity contribution in [2.75, 3.05) is 6.61 Å². The second kappa shape index (κ2) is 4.63. The molecule has 0 saturated heterocycles. The molecular weight excluding hydrogens is 221 g/mol. The molecule has 1 rings (SSSR count). The third kappa shape index (κ3) is 3.36. The Morgan fingerprint density at radius 1 is 1.31 bits per heavy atom. The molecule has 0 saturated carbocycles. The number of benzene rings is 1. The van der Waals surface area contributed by atoms with Gasteiger partial charge in [-0.25, -0.2) is 8.78 Å². The Bertz CT molecular complexity index is 291. The Morgan fingerprint density at radius 3 is 2.54 bits per heavy atom. The molecule has 0 amide bonds. The van der Waals surface area contributed by atoms with Gasteiger partial charge in [-0.3, -0.25) is 0 Å². The molecule has 0 fully saturated rings. The number of hydrogen-bond acceptors (Lipinski definition) is 1. The zero-order chi connectivity index (χ0) is 9.84. The highest BCUT2D eigenvalue weighted by atomic mass is 35.5. The van der Waals surface area contributed by atoms with E-state index in [1.807, 2.05) is 0 Å². The van der Waals surface area contributed by atoms with Crippen LogP contribution in [0.1, 0.15) is 0 Å². The van der Waals surface area contributed by atoms with Gasteiger partial charge < -0.3 is 4.74 Å². The summed E-state index contributed by atoms with van der Waals surface area (Å²) in [4.78, 5) is -0.732. The molecule has 1 nitrogen and oxygen atoms in total. The van der Waals surface area contributed by atoms with Crippen LogP contribution in [0.15, 0.2) is 18.2 Å². The van der Waals surface area contributed by atoms with Crippen LogP contribution in [0.2, 0.25) is 0 Å². The topological polar surface area (TPSA) is 9.23 Å². The van der Waals surface area contributed by atoms with Crippen LogP contribution in [0.3, 0.4) is 0 Å². The van der Waals surface area contributed by atoms with Crippen LogP contribution < -0.4 is 4.74 Å². The molecule has 0 radical (unpaired) electrons. The highest BCUT2D eigenvalue weighted by Gasteiger charge is 2.06. The van der Waals surface area contributed by atoms with Crippen LogP contribution >= 0.6 is 23.2 Å².